The fraction of sp³-hybridized carbons (Fsp3) is 0.357. The first-order chi connectivity index (χ1) is 10.0. The lowest BCUT2D eigenvalue weighted by molar-refractivity contribution is -0.0506. The number of nitrogens with zero attached hydrogens (tertiary/aromatic N) is 2. The van der Waals surface area contributed by atoms with Crippen LogP contribution in [0.2, 0.25) is 0 Å². The molecule has 2 rings (SSSR count). The number of aryl methyl sites for hydroxylation is 1. The summed E-state index contributed by atoms with van der Waals surface area (Å²) in [6.07, 6.45) is 1.68. The molecule has 0 aliphatic rings. The first-order valence-electron chi connectivity index (χ1n) is 6.49. The third-order valence-electron chi connectivity index (χ3n) is 3.07. The second kappa shape index (κ2) is 7.00. The highest BCUT2D eigenvalue weighted by Gasteiger charge is 2.24. The van der Waals surface area contributed by atoms with Gasteiger partial charge < -0.3 is 10.1 Å². The Bertz CT molecular complexity index is 584. The number of hydrogen-bond acceptors (Lipinski definition) is 3. The highest BCUT2D eigenvalue weighted by atomic mass is 79.9. The molecule has 0 aliphatic heterocycles. The van der Waals surface area contributed by atoms with Crippen LogP contribution in [0.1, 0.15) is 24.2 Å². The van der Waals surface area contributed by atoms with Crippen LogP contribution in [-0.4, -0.2) is 22.9 Å². The number of rotatable bonds is 6. The minimum absolute atomic E-state index is 0.159. The second-order valence-corrected chi connectivity index (χ2v) is 5.26. The molecule has 4 nitrogen and oxygen atoms in total. The van der Waals surface area contributed by atoms with Crippen LogP contribution in [0, 0.1) is 0 Å². The predicted molar refractivity (Wildman–Crippen MR) is 79.5 cm³/mol. The summed E-state index contributed by atoms with van der Waals surface area (Å²) in [6.45, 7) is -0.234. The summed E-state index contributed by atoms with van der Waals surface area (Å²) in [5, 5.41) is 7.46. The Morgan fingerprint density at radius 2 is 2.10 bits per heavy atom. The van der Waals surface area contributed by atoms with Crippen LogP contribution in [0.3, 0.4) is 0 Å². The molecule has 1 N–H and O–H groups in total. The Kier molecular flexibility index (Phi) is 5.30. The first-order valence-corrected chi connectivity index (χ1v) is 7.28. The third-order valence-corrected chi connectivity index (χ3v) is 3.68. The van der Waals surface area contributed by atoms with Crippen molar-refractivity contribution >= 4 is 15.9 Å². The zero-order valence-corrected chi connectivity index (χ0v) is 13.3. The Hall–Kier alpha value is -1.47. The number of benzene rings is 1. The predicted octanol–water partition coefficient (Wildman–Crippen LogP) is 3.48. The van der Waals surface area contributed by atoms with E-state index in [1.54, 1.807) is 36.1 Å². The van der Waals surface area contributed by atoms with Gasteiger partial charge in [-0.15, -0.1) is 0 Å². The molecule has 0 saturated heterocycles. The summed E-state index contributed by atoms with van der Waals surface area (Å²) in [7, 11) is 1.81. The van der Waals surface area contributed by atoms with E-state index in [-0.39, 0.29) is 11.8 Å². The highest BCUT2D eigenvalue weighted by molar-refractivity contribution is 9.10. The van der Waals surface area contributed by atoms with Crippen molar-refractivity contribution in [3.8, 4) is 5.75 Å². The van der Waals surface area contributed by atoms with Crippen LogP contribution in [0.25, 0.3) is 0 Å². The molecular formula is C14H16BrF2N3O. The van der Waals surface area contributed by atoms with Gasteiger partial charge >= 0.3 is 6.61 Å². The molecule has 2 aromatic rings. The van der Waals surface area contributed by atoms with E-state index in [1.807, 2.05) is 6.92 Å². The Morgan fingerprint density at radius 3 is 2.67 bits per heavy atom. The summed E-state index contributed by atoms with van der Waals surface area (Å²) in [5.41, 5.74) is 1.49. The summed E-state index contributed by atoms with van der Waals surface area (Å²) < 4.78 is 32.3. The quantitative estimate of drug-likeness (QED) is 0.857. The van der Waals surface area contributed by atoms with E-state index in [2.05, 4.69) is 31.1 Å². The van der Waals surface area contributed by atoms with Crippen molar-refractivity contribution in [1.29, 1.82) is 0 Å². The van der Waals surface area contributed by atoms with Gasteiger partial charge in [-0.3, -0.25) is 4.68 Å². The van der Waals surface area contributed by atoms with E-state index in [0.29, 0.717) is 12.1 Å². The molecule has 0 spiro atoms. The largest absolute Gasteiger partial charge is 0.434 e. The normalized spacial score (nSPS) is 12.7. The maximum Gasteiger partial charge on any atom is 0.387 e. The zero-order valence-electron chi connectivity index (χ0n) is 11.7. The lowest BCUT2D eigenvalue weighted by Gasteiger charge is -2.22. The van der Waals surface area contributed by atoms with Gasteiger partial charge in [-0.1, -0.05) is 25.1 Å². The summed E-state index contributed by atoms with van der Waals surface area (Å²) in [6, 6.07) is 6.47. The fourth-order valence-electron chi connectivity index (χ4n) is 2.23. The molecule has 1 unspecified atom stereocenters. The van der Waals surface area contributed by atoms with Gasteiger partial charge in [-0.25, -0.2) is 0 Å². The molecule has 7 heteroatoms. The molecule has 114 valence electrons. The van der Waals surface area contributed by atoms with Gasteiger partial charge in [0.2, 0.25) is 0 Å². The third kappa shape index (κ3) is 3.59. The van der Waals surface area contributed by atoms with Crippen molar-refractivity contribution in [1.82, 2.24) is 15.1 Å². The van der Waals surface area contributed by atoms with E-state index in [1.165, 1.54) is 6.07 Å². The molecule has 0 bridgehead atoms. The molecular weight excluding hydrogens is 344 g/mol. The standard InChI is InChI=1S/C14H16BrF2N3O/c1-3-18-12(13-10(15)8-19-20(13)2)9-6-4-5-7-11(9)21-14(16)17/h4-8,12,14,18H,3H2,1-2H3. The summed E-state index contributed by atoms with van der Waals surface area (Å²) in [5.74, 6) is 0.159. The molecule has 0 aliphatic carbocycles. The van der Waals surface area contributed by atoms with Crippen molar-refractivity contribution in [2.24, 2.45) is 7.05 Å². The molecule has 0 fully saturated rings. The van der Waals surface area contributed by atoms with Gasteiger partial charge in [0.25, 0.3) is 0 Å². The highest BCUT2D eigenvalue weighted by Crippen LogP contribution is 2.34. The average Bonchev–Trinajstić information content (AvgIpc) is 2.76. The maximum atomic E-state index is 12.6. The lowest BCUT2D eigenvalue weighted by Crippen LogP contribution is -2.25. The Morgan fingerprint density at radius 1 is 1.38 bits per heavy atom. The van der Waals surface area contributed by atoms with Gasteiger partial charge in [0.15, 0.2) is 0 Å². The first kappa shape index (κ1) is 15.9. The Balaban J connectivity index is 2.48. The van der Waals surface area contributed by atoms with Gasteiger partial charge in [0.1, 0.15) is 5.75 Å². The van der Waals surface area contributed by atoms with E-state index < -0.39 is 6.61 Å². The fourth-order valence-corrected chi connectivity index (χ4v) is 2.80. The number of alkyl halides is 2. The molecule has 0 saturated carbocycles. The van der Waals surface area contributed by atoms with Gasteiger partial charge in [0, 0.05) is 12.6 Å². The smallest absolute Gasteiger partial charge is 0.387 e. The van der Waals surface area contributed by atoms with Gasteiger partial charge in [-0.2, -0.15) is 13.9 Å². The number of halogens is 3. The topological polar surface area (TPSA) is 39.1 Å². The van der Waals surface area contributed by atoms with Crippen LogP contribution in [0.5, 0.6) is 5.75 Å². The molecule has 1 atom stereocenters. The van der Waals surface area contributed by atoms with Crippen molar-refractivity contribution in [3.05, 3.63) is 46.2 Å². The van der Waals surface area contributed by atoms with Crippen LogP contribution < -0.4 is 10.1 Å². The number of hydrogen-bond donors (Lipinski definition) is 1. The van der Waals surface area contributed by atoms with Crippen LogP contribution in [-0.2, 0) is 7.05 Å². The van der Waals surface area contributed by atoms with Crippen molar-refractivity contribution in [2.75, 3.05) is 6.54 Å². The molecule has 0 amide bonds. The zero-order chi connectivity index (χ0) is 15.4. The number of aromatic nitrogens is 2. The molecule has 21 heavy (non-hydrogen) atoms. The van der Waals surface area contributed by atoms with Crippen molar-refractivity contribution < 1.29 is 13.5 Å². The van der Waals surface area contributed by atoms with Crippen LogP contribution in [0.15, 0.2) is 34.9 Å². The molecule has 1 aromatic carbocycles. The number of ether oxygens (including phenoxy) is 1. The maximum absolute atomic E-state index is 12.6. The van der Waals surface area contributed by atoms with Gasteiger partial charge in [0.05, 0.1) is 22.4 Å². The van der Waals surface area contributed by atoms with E-state index in [4.69, 9.17) is 0 Å². The van der Waals surface area contributed by atoms with Gasteiger partial charge in [-0.05, 0) is 28.5 Å². The minimum atomic E-state index is -2.86. The SMILES string of the molecule is CCNC(c1ccccc1OC(F)F)c1c(Br)cnn1C. The van der Waals surface area contributed by atoms with Crippen LogP contribution in [0.4, 0.5) is 8.78 Å². The molecule has 1 heterocycles. The number of nitrogens with one attached hydrogen (secondary N) is 1. The second-order valence-electron chi connectivity index (χ2n) is 4.41. The monoisotopic (exact) mass is 359 g/mol. The van der Waals surface area contributed by atoms with E-state index >= 15 is 0 Å². The Labute approximate surface area is 130 Å². The minimum Gasteiger partial charge on any atom is -0.434 e. The van der Waals surface area contributed by atoms with E-state index in [9.17, 15) is 8.78 Å². The number of para-hydroxylation sites is 1. The van der Waals surface area contributed by atoms with Crippen LogP contribution >= 0.6 is 15.9 Å². The average molecular weight is 360 g/mol. The summed E-state index contributed by atoms with van der Waals surface area (Å²) >= 11 is 3.45. The van der Waals surface area contributed by atoms with Crippen molar-refractivity contribution in [3.63, 3.8) is 0 Å². The molecule has 0 radical (unpaired) electrons. The lowest BCUT2D eigenvalue weighted by atomic mass is 10.0. The van der Waals surface area contributed by atoms with Crippen molar-refractivity contribution in [2.45, 2.75) is 19.6 Å². The van der Waals surface area contributed by atoms with E-state index in [0.717, 1.165) is 10.2 Å². The summed E-state index contributed by atoms with van der Waals surface area (Å²) in [4.78, 5) is 0. The molecule has 1 aromatic heterocycles.